The van der Waals surface area contributed by atoms with E-state index in [0.717, 1.165) is 12.1 Å². The number of hydrogen-bond donors (Lipinski definition) is 2. The van der Waals surface area contributed by atoms with E-state index in [0.29, 0.717) is 17.1 Å². The zero-order valence-electron chi connectivity index (χ0n) is 14.6. The summed E-state index contributed by atoms with van der Waals surface area (Å²) in [7, 11) is 0. The van der Waals surface area contributed by atoms with Crippen LogP contribution in [0.5, 0.6) is 5.75 Å². The fourth-order valence-electron chi connectivity index (χ4n) is 2.24. The second-order valence-corrected chi connectivity index (χ2v) is 5.99. The number of carbonyl (C=O) groups is 1. The molecular weight excluding hydrogens is 345 g/mol. The van der Waals surface area contributed by atoms with E-state index < -0.39 is 11.7 Å². The SMILES string of the molecule is CC(C)Oc1ccc(NC(=O)CCNc2cccc(C(F)(F)F)c2)cc1. The number of carbonyl (C=O) groups excluding carboxylic acids is 1. The summed E-state index contributed by atoms with van der Waals surface area (Å²) < 4.78 is 43.5. The van der Waals surface area contributed by atoms with Crippen molar-refractivity contribution >= 4 is 17.3 Å². The molecule has 0 saturated carbocycles. The minimum Gasteiger partial charge on any atom is -0.491 e. The number of ether oxygens (including phenoxy) is 1. The monoisotopic (exact) mass is 366 g/mol. The van der Waals surface area contributed by atoms with Crippen molar-refractivity contribution in [2.75, 3.05) is 17.2 Å². The Morgan fingerprint density at radius 2 is 1.77 bits per heavy atom. The third-order valence-corrected chi connectivity index (χ3v) is 3.38. The molecule has 26 heavy (non-hydrogen) atoms. The third kappa shape index (κ3) is 6.31. The Kier molecular flexibility index (Phi) is 6.49. The van der Waals surface area contributed by atoms with Crippen LogP contribution >= 0.6 is 0 Å². The van der Waals surface area contributed by atoms with Gasteiger partial charge >= 0.3 is 6.18 Å². The standard InChI is InChI=1S/C19H21F3N2O2/c1-13(2)26-17-8-6-15(7-9-17)24-18(25)10-11-23-16-5-3-4-14(12-16)19(20,21)22/h3-9,12-13,23H,10-11H2,1-2H3,(H,24,25). The zero-order valence-corrected chi connectivity index (χ0v) is 14.6. The Balaban J connectivity index is 1.80. The largest absolute Gasteiger partial charge is 0.491 e. The van der Waals surface area contributed by atoms with Crippen molar-refractivity contribution in [3.05, 3.63) is 54.1 Å². The van der Waals surface area contributed by atoms with Crippen LogP contribution in [-0.4, -0.2) is 18.6 Å². The van der Waals surface area contributed by atoms with E-state index in [1.54, 1.807) is 24.3 Å². The third-order valence-electron chi connectivity index (χ3n) is 3.38. The van der Waals surface area contributed by atoms with E-state index in [9.17, 15) is 18.0 Å². The van der Waals surface area contributed by atoms with Crippen molar-refractivity contribution in [3.63, 3.8) is 0 Å². The summed E-state index contributed by atoms with van der Waals surface area (Å²) in [6, 6.07) is 11.9. The molecule has 1 amide bonds. The zero-order chi connectivity index (χ0) is 19.2. The molecule has 2 rings (SSSR count). The van der Waals surface area contributed by atoms with Gasteiger partial charge in [0.05, 0.1) is 11.7 Å². The average Bonchev–Trinajstić information content (AvgIpc) is 2.56. The summed E-state index contributed by atoms with van der Waals surface area (Å²) in [6.45, 7) is 4.07. The first-order chi connectivity index (χ1) is 12.2. The van der Waals surface area contributed by atoms with Crippen LogP contribution in [0.25, 0.3) is 0 Å². The predicted octanol–water partition coefficient (Wildman–Crippen LogP) is 4.93. The highest BCUT2D eigenvalue weighted by atomic mass is 19.4. The number of rotatable bonds is 7. The summed E-state index contributed by atoms with van der Waals surface area (Å²) in [5.74, 6) is 0.478. The summed E-state index contributed by atoms with van der Waals surface area (Å²) in [4.78, 5) is 11.9. The molecule has 0 aliphatic carbocycles. The van der Waals surface area contributed by atoms with Gasteiger partial charge in [-0.1, -0.05) is 6.07 Å². The molecule has 0 fully saturated rings. The molecule has 2 N–H and O–H groups in total. The molecule has 0 atom stereocenters. The molecule has 0 bridgehead atoms. The summed E-state index contributed by atoms with van der Waals surface area (Å²) in [5.41, 5.74) is 0.226. The van der Waals surface area contributed by atoms with Gasteiger partial charge in [0.1, 0.15) is 5.75 Å². The van der Waals surface area contributed by atoms with Crippen molar-refractivity contribution in [1.29, 1.82) is 0 Å². The Bertz CT molecular complexity index is 728. The van der Waals surface area contributed by atoms with Crippen LogP contribution in [-0.2, 0) is 11.0 Å². The predicted molar refractivity (Wildman–Crippen MR) is 95.4 cm³/mol. The second-order valence-electron chi connectivity index (χ2n) is 5.99. The molecule has 0 aliphatic heterocycles. The van der Waals surface area contributed by atoms with Crippen LogP contribution in [0.4, 0.5) is 24.5 Å². The first kappa shape index (κ1) is 19.6. The lowest BCUT2D eigenvalue weighted by Gasteiger charge is -2.12. The van der Waals surface area contributed by atoms with Gasteiger partial charge in [-0.3, -0.25) is 4.79 Å². The van der Waals surface area contributed by atoms with Gasteiger partial charge in [-0.15, -0.1) is 0 Å². The molecule has 2 aromatic carbocycles. The maximum atomic E-state index is 12.7. The Morgan fingerprint density at radius 1 is 1.08 bits per heavy atom. The molecule has 0 aliphatic rings. The molecular formula is C19H21F3N2O2. The van der Waals surface area contributed by atoms with E-state index in [2.05, 4.69) is 10.6 Å². The molecule has 0 unspecified atom stereocenters. The van der Waals surface area contributed by atoms with Gasteiger partial charge in [0.15, 0.2) is 0 Å². The summed E-state index contributed by atoms with van der Waals surface area (Å²) in [6.07, 6.45) is -4.20. The van der Waals surface area contributed by atoms with Gasteiger partial charge in [-0.25, -0.2) is 0 Å². The molecule has 0 saturated heterocycles. The van der Waals surface area contributed by atoms with Gasteiger partial charge < -0.3 is 15.4 Å². The van der Waals surface area contributed by atoms with Crippen molar-refractivity contribution < 1.29 is 22.7 Å². The highest BCUT2D eigenvalue weighted by Crippen LogP contribution is 2.30. The number of alkyl halides is 3. The summed E-state index contributed by atoms with van der Waals surface area (Å²) in [5, 5.41) is 5.55. The van der Waals surface area contributed by atoms with Gasteiger partial charge in [0.2, 0.25) is 5.91 Å². The van der Waals surface area contributed by atoms with Crippen LogP contribution in [0.1, 0.15) is 25.8 Å². The average molecular weight is 366 g/mol. The van der Waals surface area contributed by atoms with Gasteiger partial charge in [-0.2, -0.15) is 13.2 Å². The normalized spacial score (nSPS) is 11.3. The molecule has 4 nitrogen and oxygen atoms in total. The minimum atomic E-state index is -4.39. The maximum absolute atomic E-state index is 12.7. The topological polar surface area (TPSA) is 50.4 Å². The lowest BCUT2D eigenvalue weighted by molar-refractivity contribution is -0.137. The number of amides is 1. The lowest BCUT2D eigenvalue weighted by atomic mass is 10.2. The number of anilines is 2. The molecule has 0 heterocycles. The molecule has 0 radical (unpaired) electrons. The van der Waals surface area contributed by atoms with E-state index in [1.165, 1.54) is 12.1 Å². The van der Waals surface area contributed by atoms with Crippen molar-refractivity contribution in [3.8, 4) is 5.75 Å². The Morgan fingerprint density at radius 3 is 2.38 bits per heavy atom. The first-order valence-electron chi connectivity index (χ1n) is 8.22. The van der Waals surface area contributed by atoms with Gasteiger partial charge in [-0.05, 0) is 56.3 Å². The van der Waals surface area contributed by atoms with Crippen LogP contribution < -0.4 is 15.4 Å². The van der Waals surface area contributed by atoms with E-state index >= 15 is 0 Å². The fraction of sp³-hybridized carbons (Fsp3) is 0.316. The molecule has 7 heteroatoms. The van der Waals surface area contributed by atoms with Crippen LogP contribution in [0, 0.1) is 0 Å². The van der Waals surface area contributed by atoms with E-state index in [-0.39, 0.29) is 25.0 Å². The highest BCUT2D eigenvalue weighted by Gasteiger charge is 2.30. The van der Waals surface area contributed by atoms with Crippen molar-refractivity contribution in [2.45, 2.75) is 32.5 Å². The van der Waals surface area contributed by atoms with E-state index in [4.69, 9.17) is 4.74 Å². The number of halogens is 3. The number of hydrogen-bond acceptors (Lipinski definition) is 3. The van der Waals surface area contributed by atoms with Gasteiger partial charge in [0, 0.05) is 24.3 Å². The maximum Gasteiger partial charge on any atom is 0.416 e. The van der Waals surface area contributed by atoms with Crippen molar-refractivity contribution in [2.24, 2.45) is 0 Å². The fourth-order valence-corrected chi connectivity index (χ4v) is 2.24. The van der Waals surface area contributed by atoms with E-state index in [1.807, 2.05) is 13.8 Å². The highest BCUT2D eigenvalue weighted by molar-refractivity contribution is 5.91. The second kappa shape index (κ2) is 8.60. The number of benzene rings is 2. The van der Waals surface area contributed by atoms with Crippen LogP contribution in [0.15, 0.2) is 48.5 Å². The molecule has 2 aromatic rings. The van der Waals surface area contributed by atoms with Gasteiger partial charge in [0.25, 0.3) is 0 Å². The molecule has 0 aromatic heterocycles. The van der Waals surface area contributed by atoms with Crippen molar-refractivity contribution in [1.82, 2.24) is 0 Å². The van der Waals surface area contributed by atoms with Crippen LogP contribution in [0.3, 0.4) is 0 Å². The minimum absolute atomic E-state index is 0.0670. The first-order valence-corrected chi connectivity index (χ1v) is 8.22. The Labute approximate surface area is 150 Å². The summed E-state index contributed by atoms with van der Waals surface area (Å²) >= 11 is 0. The number of nitrogens with one attached hydrogen (secondary N) is 2. The van der Waals surface area contributed by atoms with Crippen LogP contribution in [0.2, 0.25) is 0 Å². The molecule has 140 valence electrons. The Hall–Kier alpha value is -2.70. The quantitative estimate of drug-likeness (QED) is 0.730. The lowest BCUT2D eigenvalue weighted by Crippen LogP contribution is -2.16. The smallest absolute Gasteiger partial charge is 0.416 e. The molecule has 0 spiro atoms.